The summed E-state index contributed by atoms with van der Waals surface area (Å²) in [4.78, 5) is 0. The van der Waals surface area contributed by atoms with Crippen LogP contribution in [0.5, 0.6) is 5.75 Å². The number of benzene rings is 1. The maximum Gasteiger partial charge on any atom is 0.123 e. The molecule has 1 aromatic rings. The van der Waals surface area contributed by atoms with Gasteiger partial charge in [-0.25, -0.2) is 4.39 Å². The number of rotatable bonds is 4. The predicted molar refractivity (Wildman–Crippen MR) is 78.6 cm³/mol. The molecule has 1 atom stereocenters. The van der Waals surface area contributed by atoms with E-state index in [-0.39, 0.29) is 11.9 Å². The molecule has 1 fully saturated rings. The molecule has 1 aromatic carbocycles. The van der Waals surface area contributed by atoms with Crippen LogP contribution < -0.4 is 10.1 Å². The minimum Gasteiger partial charge on any atom is -0.490 e. The van der Waals surface area contributed by atoms with Crippen LogP contribution >= 0.6 is 0 Å². The van der Waals surface area contributed by atoms with Gasteiger partial charge < -0.3 is 10.1 Å². The molecule has 0 radical (unpaired) electrons. The highest BCUT2D eigenvalue weighted by Gasteiger charge is 2.36. The largest absolute Gasteiger partial charge is 0.490 e. The first-order valence-electron chi connectivity index (χ1n) is 7.80. The van der Waals surface area contributed by atoms with Crippen LogP contribution in [-0.2, 0) is 6.42 Å². The summed E-state index contributed by atoms with van der Waals surface area (Å²) in [6, 6.07) is 4.89. The lowest BCUT2D eigenvalue weighted by atomic mass is 9.70. The Morgan fingerprint density at radius 3 is 2.85 bits per heavy atom. The van der Waals surface area contributed by atoms with Crippen molar-refractivity contribution >= 4 is 0 Å². The Kier molecular flexibility index (Phi) is 3.97. The highest BCUT2D eigenvalue weighted by molar-refractivity contribution is 5.37. The van der Waals surface area contributed by atoms with Crippen molar-refractivity contribution in [3.63, 3.8) is 0 Å². The minimum atomic E-state index is -0.157. The fourth-order valence-corrected chi connectivity index (χ4v) is 4.02. The van der Waals surface area contributed by atoms with Gasteiger partial charge in [-0.2, -0.15) is 0 Å². The van der Waals surface area contributed by atoms with E-state index >= 15 is 0 Å². The third-order valence-electron chi connectivity index (χ3n) is 4.89. The van der Waals surface area contributed by atoms with Crippen molar-refractivity contribution in [3.8, 4) is 5.75 Å². The van der Waals surface area contributed by atoms with Crippen molar-refractivity contribution < 1.29 is 9.13 Å². The van der Waals surface area contributed by atoms with E-state index in [1.54, 1.807) is 12.1 Å². The maximum absolute atomic E-state index is 13.3. The van der Waals surface area contributed by atoms with Gasteiger partial charge in [-0.05, 0) is 49.9 Å². The molecule has 1 unspecified atom stereocenters. The Hall–Kier alpha value is -1.09. The summed E-state index contributed by atoms with van der Waals surface area (Å²) in [6.07, 6.45) is 8.77. The Bertz CT molecular complexity index is 463. The van der Waals surface area contributed by atoms with Crippen LogP contribution in [-0.4, -0.2) is 19.7 Å². The van der Waals surface area contributed by atoms with Gasteiger partial charge in [0, 0.05) is 18.5 Å². The molecular weight excluding hydrogens is 253 g/mol. The van der Waals surface area contributed by atoms with Gasteiger partial charge in [-0.15, -0.1) is 0 Å². The summed E-state index contributed by atoms with van der Waals surface area (Å²) >= 11 is 0. The molecule has 0 saturated heterocycles. The van der Waals surface area contributed by atoms with Gasteiger partial charge in [-0.1, -0.05) is 19.3 Å². The first-order valence-corrected chi connectivity index (χ1v) is 7.80. The molecule has 1 heterocycles. The molecule has 2 nitrogen and oxygen atoms in total. The van der Waals surface area contributed by atoms with E-state index < -0.39 is 0 Å². The average molecular weight is 277 g/mol. The van der Waals surface area contributed by atoms with Crippen LogP contribution in [0.2, 0.25) is 0 Å². The van der Waals surface area contributed by atoms with Crippen molar-refractivity contribution in [2.75, 3.05) is 13.6 Å². The van der Waals surface area contributed by atoms with Crippen molar-refractivity contribution in [3.05, 3.63) is 29.6 Å². The van der Waals surface area contributed by atoms with Crippen LogP contribution in [0.15, 0.2) is 18.2 Å². The quantitative estimate of drug-likeness (QED) is 0.906. The molecule has 0 amide bonds. The molecule has 1 aliphatic carbocycles. The van der Waals surface area contributed by atoms with Gasteiger partial charge >= 0.3 is 0 Å². The standard InChI is InChI=1S/C17H24FNO/c1-19-12-17(7-3-2-4-8-17)11-15-10-13-9-14(18)5-6-16(13)20-15/h5-6,9,15,19H,2-4,7-8,10-12H2,1H3. The van der Waals surface area contributed by atoms with E-state index in [0.29, 0.717) is 5.41 Å². The van der Waals surface area contributed by atoms with Crippen LogP contribution in [0.4, 0.5) is 4.39 Å². The van der Waals surface area contributed by atoms with Crippen LogP contribution in [0.25, 0.3) is 0 Å². The van der Waals surface area contributed by atoms with Crippen molar-refractivity contribution in [2.45, 2.75) is 51.0 Å². The SMILES string of the molecule is CNCC1(CC2Cc3cc(F)ccc3O2)CCCCC1. The van der Waals surface area contributed by atoms with Gasteiger partial charge in [-0.3, -0.25) is 0 Å². The second-order valence-corrected chi connectivity index (χ2v) is 6.49. The lowest BCUT2D eigenvalue weighted by Gasteiger charge is -2.39. The summed E-state index contributed by atoms with van der Waals surface area (Å²) in [7, 11) is 2.04. The number of hydrogen-bond acceptors (Lipinski definition) is 2. The summed E-state index contributed by atoms with van der Waals surface area (Å²) < 4.78 is 19.3. The fourth-order valence-electron chi connectivity index (χ4n) is 4.02. The van der Waals surface area contributed by atoms with E-state index in [4.69, 9.17) is 4.74 Å². The molecule has 0 spiro atoms. The van der Waals surface area contributed by atoms with Crippen molar-refractivity contribution in [2.24, 2.45) is 5.41 Å². The summed E-state index contributed by atoms with van der Waals surface area (Å²) in [5, 5.41) is 3.37. The Balaban J connectivity index is 1.69. The lowest BCUT2D eigenvalue weighted by Crippen LogP contribution is -2.38. The summed E-state index contributed by atoms with van der Waals surface area (Å²) in [6.45, 7) is 1.07. The number of nitrogens with one attached hydrogen (secondary N) is 1. The van der Waals surface area contributed by atoms with Gasteiger partial charge in [0.15, 0.2) is 0 Å². The molecule has 3 rings (SSSR count). The number of halogens is 1. The minimum absolute atomic E-state index is 0.157. The van der Waals surface area contributed by atoms with Crippen LogP contribution in [0, 0.1) is 11.2 Å². The number of hydrogen-bond donors (Lipinski definition) is 1. The normalized spacial score (nSPS) is 24.2. The van der Waals surface area contributed by atoms with Crippen molar-refractivity contribution in [1.82, 2.24) is 5.32 Å². The van der Waals surface area contributed by atoms with E-state index in [2.05, 4.69) is 5.32 Å². The molecule has 3 heteroatoms. The second-order valence-electron chi connectivity index (χ2n) is 6.49. The van der Waals surface area contributed by atoms with Gasteiger partial charge in [0.25, 0.3) is 0 Å². The summed E-state index contributed by atoms with van der Waals surface area (Å²) in [5.74, 6) is 0.724. The topological polar surface area (TPSA) is 21.3 Å². The smallest absolute Gasteiger partial charge is 0.123 e. The van der Waals surface area contributed by atoms with Crippen LogP contribution in [0.1, 0.15) is 44.1 Å². The van der Waals surface area contributed by atoms with Gasteiger partial charge in [0.05, 0.1) is 0 Å². The maximum atomic E-state index is 13.3. The first kappa shape index (κ1) is 13.9. The third-order valence-corrected chi connectivity index (χ3v) is 4.89. The zero-order valence-corrected chi connectivity index (χ0v) is 12.3. The van der Waals surface area contributed by atoms with E-state index in [1.165, 1.54) is 38.2 Å². The Morgan fingerprint density at radius 2 is 2.10 bits per heavy atom. The molecule has 2 aliphatic rings. The van der Waals surface area contributed by atoms with Crippen molar-refractivity contribution in [1.29, 1.82) is 0 Å². The third kappa shape index (κ3) is 2.83. The molecule has 110 valence electrons. The predicted octanol–water partition coefficient (Wildman–Crippen LogP) is 3.69. The number of fused-ring (bicyclic) bond motifs is 1. The zero-order valence-electron chi connectivity index (χ0n) is 12.3. The molecule has 1 aliphatic heterocycles. The highest BCUT2D eigenvalue weighted by atomic mass is 19.1. The monoisotopic (exact) mass is 277 g/mol. The van der Waals surface area contributed by atoms with E-state index in [1.807, 2.05) is 7.05 Å². The molecule has 0 aromatic heterocycles. The first-order chi connectivity index (χ1) is 9.71. The average Bonchev–Trinajstić information content (AvgIpc) is 2.81. The molecule has 0 bridgehead atoms. The Morgan fingerprint density at radius 1 is 1.30 bits per heavy atom. The molecule has 1 saturated carbocycles. The number of ether oxygens (including phenoxy) is 1. The zero-order chi connectivity index (χ0) is 14.0. The molecular formula is C17H24FNO. The summed E-state index contributed by atoms with van der Waals surface area (Å²) in [5.41, 5.74) is 1.41. The highest BCUT2D eigenvalue weighted by Crippen LogP contribution is 2.42. The lowest BCUT2D eigenvalue weighted by molar-refractivity contribution is 0.0965. The molecule has 20 heavy (non-hydrogen) atoms. The fraction of sp³-hybridized carbons (Fsp3) is 0.647. The van der Waals surface area contributed by atoms with Gasteiger partial charge in [0.1, 0.15) is 17.7 Å². The second kappa shape index (κ2) is 5.72. The van der Waals surface area contributed by atoms with Gasteiger partial charge in [0.2, 0.25) is 0 Å². The molecule has 1 N–H and O–H groups in total. The Labute approximate surface area is 120 Å². The van der Waals surface area contributed by atoms with E-state index in [0.717, 1.165) is 30.7 Å². The van der Waals surface area contributed by atoms with E-state index in [9.17, 15) is 4.39 Å². The van der Waals surface area contributed by atoms with Crippen LogP contribution in [0.3, 0.4) is 0 Å².